The van der Waals surface area contributed by atoms with Gasteiger partial charge < -0.3 is 5.32 Å². The molecule has 5 heteroatoms. The van der Waals surface area contributed by atoms with E-state index in [1.54, 1.807) is 0 Å². The fourth-order valence-electron chi connectivity index (χ4n) is 2.69. The van der Waals surface area contributed by atoms with E-state index < -0.39 is 0 Å². The van der Waals surface area contributed by atoms with Crippen LogP contribution in [0.3, 0.4) is 0 Å². The fraction of sp³-hybridized carbons (Fsp3) is 0.286. The molecule has 4 nitrogen and oxygen atoms in total. The number of pyridine rings is 1. The van der Waals surface area contributed by atoms with Crippen molar-refractivity contribution in [2.75, 3.05) is 6.54 Å². The standard InChI is InChI=1S/C14H14N4S/c1-9-3-6-18-12(8-9)16-17-14(18)13-10-4-7-19-11(10)2-5-15-13/h3-4,6-8,13,15H,2,5H2,1H3. The zero-order valence-corrected chi connectivity index (χ0v) is 11.4. The zero-order valence-electron chi connectivity index (χ0n) is 10.6. The highest BCUT2D eigenvalue weighted by molar-refractivity contribution is 7.10. The van der Waals surface area contributed by atoms with Crippen molar-refractivity contribution in [3.8, 4) is 0 Å². The lowest BCUT2D eigenvalue weighted by molar-refractivity contribution is 0.545. The molecular weight excluding hydrogens is 256 g/mol. The van der Waals surface area contributed by atoms with E-state index in [-0.39, 0.29) is 6.04 Å². The second-order valence-electron chi connectivity index (χ2n) is 4.93. The molecule has 1 unspecified atom stereocenters. The van der Waals surface area contributed by atoms with E-state index in [4.69, 9.17) is 0 Å². The molecule has 1 atom stereocenters. The third-order valence-corrected chi connectivity index (χ3v) is 4.64. The first kappa shape index (κ1) is 11.1. The van der Waals surface area contributed by atoms with Gasteiger partial charge in [0.2, 0.25) is 0 Å². The Kier molecular flexibility index (Phi) is 2.43. The van der Waals surface area contributed by atoms with Gasteiger partial charge in [-0.05, 0) is 48.1 Å². The third-order valence-electron chi connectivity index (χ3n) is 3.64. The minimum Gasteiger partial charge on any atom is -0.303 e. The molecule has 0 amide bonds. The first-order valence-corrected chi connectivity index (χ1v) is 7.32. The molecule has 0 bridgehead atoms. The van der Waals surface area contributed by atoms with Gasteiger partial charge in [-0.25, -0.2) is 0 Å². The van der Waals surface area contributed by atoms with E-state index in [0.29, 0.717) is 0 Å². The van der Waals surface area contributed by atoms with Gasteiger partial charge in [0.1, 0.15) is 0 Å². The van der Waals surface area contributed by atoms with Crippen molar-refractivity contribution < 1.29 is 0 Å². The summed E-state index contributed by atoms with van der Waals surface area (Å²) >= 11 is 1.84. The molecule has 3 aromatic rings. The van der Waals surface area contributed by atoms with Crippen LogP contribution >= 0.6 is 11.3 Å². The molecule has 0 aliphatic carbocycles. The van der Waals surface area contributed by atoms with Gasteiger partial charge in [-0.3, -0.25) is 4.40 Å². The van der Waals surface area contributed by atoms with E-state index in [9.17, 15) is 0 Å². The number of nitrogens with zero attached hydrogens (tertiary/aromatic N) is 3. The first-order valence-electron chi connectivity index (χ1n) is 6.44. The van der Waals surface area contributed by atoms with Gasteiger partial charge in [0.05, 0.1) is 6.04 Å². The SMILES string of the molecule is Cc1ccn2c(C3NCCc4sccc43)nnc2c1. The summed E-state index contributed by atoms with van der Waals surface area (Å²) in [5, 5.41) is 14.4. The molecule has 0 saturated carbocycles. The molecule has 1 aliphatic rings. The Morgan fingerprint density at radius 1 is 1.37 bits per heavy atom. The predicted octanol–water partition coefficient (Wildman–Crippen LogP) is 2.33. The number of fused-ring (bicyclic) bond motifs is 2. The molecule has 0 radical (unpaired) electrons. The summed E-state index contributed by atoms with van der Waals surface area (Å²) in [6, 6.07) is 6.52. The van der Waals surface area contributed by atoms with Crippen LogP contribution in [0.25, 0.3) is 5.65 Å². The number of hydrogen-bond donors (Lipinski definition) is 1. The van der Waals surface area contributed by atoms with Crippen LogP contribution in [0.1, 0.15) is 27.9 Å². The van der Waals surface area contributed by atoms with Crippen molar-refractivity contribution in [2.45, 2.75) is 19.4 Å². The lowest BCUT2D eigenvalue weighted by Gasteiger charge is -2.22. The van der Waals surface area contributed by atoms with E-state index in [0.717, 1.165) is 24.4 Å². The van der Waals surface area contributed by atoms with Crippen molar-refractivity contribution in [2.24, 2.45) is 0 Å². The molecule has 3 aromatic heterocycles. The van der Waals surface area contributed by atoms with E-state index >= 15 is 0 Å². The Morgan fingerprint density at radius 2 is 2.32 bits per heavy atom. The Morgan fingerprint density at radius 3 is 3.26 bits per heavy atom. The van der Waals surface area contributed by atoms with Crippen LogP contribution in [0.15, 0.2) is 29.8 Å². The number of hydrogen-bond acceptors (Lipinski definition) is 4. The summed E-state index contributed by atoms with van der Waals surface area (Å²) in [6.07, 6.45) is 3.17. The minimum absolute atomic E-state index is 0.160. The molecule has 1 aliphatic heterocycles. The van der Waals surface area contributed by atoms with E-state index in [1.165, 1.54) is 16.0 Å². The Balaban J connectivity index is 1.88. The largest absolute Gasteiger partial charge is 0.303 e. The van der Waals surface area contributed by atoms with Crippen molar-refractivity contribution in [3.63, 3.8) is 0 Å². The molecule has 96 valence electrons. The van der Waals surface area contributed by atoms with E-state index in [2.05, 4.69) is 56.6 Å². The maximum atomic E-state index is 4.39. The predicted molar refractivity (Wildman–Crippen MR) is 75.6 cm³/mol. The molecule has 0 fully saturated rings. The highest BCUT2D eigenvalue weighted by atomic mass is 32.1. The quantitative estimate of drug-likeness (QED) is 0.738. The molecule has 0 aromatic carbocycles. The maximum absolute atomic E-state index is 4.39. The van der Waals surface area contributed by atoms with Crippen LogP contribution in [-0.4, -0.2) is 21.1 Å². The lowest BCUT2D eigenvalue weighted by atomic mass is 10.0. The Labute approximate surface area is 115 Å². The van der Waals surface area contributed by atoms with Crippen molar-refractivity contribution in [1.29, 1.82) is 0 Å². The van der Waals surface area contributed by atoms with Gasteiger partial charge in [0.25, 0.3) is 0 Å². The normalized spacial score (nSPS) is 18.7. The third kappa shape index (κ3) is 1.69. The molecule has 4 rings (SSSR count). The van der Waals surface area contributed by atoms with Crippen molar-refractivity contribution in [1.82, 2.24) is 19.9 Å². The fourth-order valence-corrected chi connectivity index (χ4v) is 3.61. The Bertz CT molecular complexity index is 743. The monoisotopic (exact) mass is 270 g/mol. The average Bonchev–Trinajstić information content (AvgIpc) is 3.03. The molecule has 0 saturated heterocycles. The summed E-state index contributed by atoms with van der Waals surface area (Å²) in [5.41, 5.74) is 3.48. The second-order valence-corrected chi connectivity index (χ2v) is 5.93. The highest BCUT2D eigenvalue weighted by Gasteiger charge is 2.26. The second kappa shape index (κ2) is 4.15. The first-order chi connectivity index (χ1) is 9.33. The Hall–Kier alpha value is -1.72. The number of aromatic nitrogens is 3. The van der Waals surface area contributed by atoms with Crippen LogP contribution in [0.5, 0.6) is 0 Å². The van der Waals surface area contributed by atoms with Crippen molar-refractivity contribution in [3.05, 3.63) is 51.6 Å². The van der Waals surface area contributed by atoms with Crippen LogP contribution in [0.2, 0.25) is 0 Å². The van der Waals surface area contributed by atoms with Gasteiger partial charge in [0, 0.05) is 17.6 Å². The summed E-state index contributed by atoms with van der Waals surface area (Å²) in [6.45, 7) is 3.07. The summed E-state index contributed by atoms with van der Waals surface area (Å²) < 4.78 is 2.08. The van der Waals surface area contributed by atoms with Gasteiger partial charge in [-0.15, -0.1) is 21.5 Å². The smallest absolute Gasteiger partial charge is 0.161 e. The topological polar surface area (TPSA) is 42.2 Å². The summed E-state index contributed by atoms with van der Waals surface area (Å²) in [7, 11) is 0. The highest BCUT2D eigenvalue weighted by Crippen LogP contribution is 2.31. The number of aryl methyl sites for hydroxylation is 1. The van der Waals surface area contributed by atoms with Crippen LogP contribution in [0, 0.1) is 6.92 Å². The summed E-state index contributed by atoms with van der Waals surface area (Å²) in [4.78, 5) is 1.47. The number of rotatable bonds is 1. The summed E-state index contributed by atoms with van der Waals surface area (Å²) in [5.74, 6) is 0.981. The molecule has 19 heavy (non-hydrogen) atoms. The van der Waals surface area contributed by atoms with Gasteiger partial charge in [-0.2, -0.15) is 0 Å². The van der Waals surface area contributed by atoms with Crippen LogP contribution in [0.4, 0.5) is 0 Å². The van der Waals surface area contributed by atoms with Crippen LogP contribution < -0.4 is 5.32 Å². The average molecular weight is 270 g/mol. The van der Waals surface area contributed by atoms with Crippen molar-refractivity contribution >= 4 is 17.0 Å². The van der Waals surface area contributed by atoms with Gasteiger partial charge in [-0.1, -0.05) is 0 Å². The molecule has 4 heterocycles. The van der Waals surface area contributed by atoms with Gasteiger partial charge >= 0.3 is 0 Å². The lowest BCUT2D eigenvalue weighted by Crippen LogP contribution is -2.30. The van der Waals surface area contributed by atoms with E-state index in [1.807, 2.05) is 11.3 Å². The maximum Gasteiger partial charge on any atom is 0.161 e. The van der Waals surface area contributed by atoms with Gasteiger partial charge in [0.15, 0.2) is 11.5 Å². The molecular formula is C14H14N4S. The zero-order chi connectivity index (χ0) is 12.8. The van der Waals surface area contributed by atoms with Crippen LogP contribution in [-0.2, 0) is 6.42 Å². The number of nitrogens with one attached hydrogen (secondary N) is 1. The molecule has 0 spiro atoms. The number of thiophene rings is 1. The molecule has 1 N–H and O–H groups in total. The minimum atomic E-state index is 0.160.